The first kappa shape index (κ1) is 14.8. The van der Waals surface area contributed by atoms with Crippen molar-refractivity contribution in [1.82, 2.24) is 5.32 Å². The van der Waals surface area contributed by atoms with Gasteiger partial charge in [-0.2, -0.15) is 12.6 Å². The Morgan fingerprint density at radius 2 is 2.10 bits per heavy atom. The molecule has 2 unspecified atom stereocenters. The van der Waals surface area contributed by atoms with E-state index in [9.17, 15) is 14.8 Å². The molecule has 1 aromatic carbocycles. The third kappa shape index (κ3) is 3.30. The lowest BCUT2D eigenvalue weighted by molar-refractivity contribution is -0.922. The summed E-state index contributed by atoms with van der Waals surface area (Å²) < 4.78 is 0. The van der Waals surface area contributed by atoms with E-state index in [1.807, 2.05) is 30.3 Å². The molecular formula is C13H16N2O4S. The molecule has 20 heavy (non-hydrogen) atoms. The molecule has 6 nitrogen and oxygen atoms in total. The quantitative estimate of drug-likeness (QED) is 0.408. The van der Waals surface area contributed by atoms with Gasteiger partial charge in [-0.15, -0.1) is 0 Å². The number of benzene rings is 1. The number of rotatable bonds is 5. The third-order valence-electron chi connectivity index (χ3n) is 3.37. The third-order valence-corrected chi connectivity index (χ3v) is 3.92. The number of quaternary nitrogens is 1. The van der Waals surface area contributed by atoms with Crippen LogP contribution in [0.3, 0.4) is 0 Å². The van der Waals surface area contributed by atoms with Gasteiger partial charge in [-0.25, -0.2) is 0 Å². The second-order valence-corrected chi connectivity index (χ2v) is 5.37. The lowest BCUT2D eigenvalue weighted by Crippen LogP contribution is -3.24. The van der Waals surface area contributed by atoms with Crippen LogP contribution in [0.4, 0.5) is 0 Å². The number of thiol groups is 1. The van der Waals surface area contributed by atoms with Gasteiger partial charge in [0.1, 0.15) is 18.6 Å². The van der Waals surface area contributed by atoms with Crippen LogP contribution in [0.2, 0.25) is 0 Å². The number of carboxylic acids is 1. The normalized spacial score (nSPS) is 26.4. The fraction of sp³-hybridized carbons (Fsp3) is 0.385. The first-order valence-electron chi connectivity index (χ1n) is 6.26. The molecule has 1 aromatic rings. The highest BCUT2D eigenvalue weighted by Gasteiger charge is 2.47. The molecule has 0 saturated carbocycles. The Morgan fingerprint density at radius 1 is 1.45 bits per heavy atom. The molecule has 0 radical (unpaired) electrons. The number of hydroxylamine groups is 2. The van der Waals surface area contributed by atoms with Crippen molar-refractivity contribution in [3.63, 3.8) is 0 Å². The minimum absolute atomic E-state index is 0.169. The number of aliphatic carboxylic acids is 1. The molecule has 1 aliphatic rings. The molecule has 7 heteroatoms. The fourth-order valence-electron chi connectivity index (χ4n) is 2.27. The SMILES string of the molecule is O=C(Cc1ccccc1)N[C@@H]1C[NH+]([O-])[C@H]1C(S)C(=O)O. The van der Waals surface area contributed by atoms with Crippen molar-refractivity contribution in [2.24, 2.45) is 0 Å². The summed E-state index contributed by atoms with van der Waals surface area (Å²) in [6.45, 7) is 0.176. The van der Waals surface area contributed by atoms with Gasteiger partial charge in [0.25, 0.3) is 0 Å². The lowest BCUT2D eigenvalue weighted by atomic mass is 9.95. The van der Waals surface area contributed by atoms with Crippen LogP contribution in [0.1, 0.15) is 5.56 Å². The van der Waals surface area contributed by atoms with Crippen molar-refractivity contribution in [2.45, 2.75) is 23.8 Å². The molecule has 3 N–H and O–H groups in total. The summed E-state index contributed by atoms with van der Waals surface area (Å²) in [7, 11) is 0. The second-order valence-electron chi connectivity index (χ2n) is 4.82. The summed E-state index contributed by atoms with van der Waals surface area (Å²) in [5, 5.41) is 21.8. The summed E-state index contributed by atoms with van der Waals surface area (Å²) in [6, 6.07) is 8.04. The van der Waals surface area contributed by atoms with E-state index in [1.165, 1.54) is 0 Å². The highest BCUT2D eigenvalue weighted by molar-refractivity contribution is 7.81. The number of nitrogens with one attached hydrogen (secondary N) is 2. The fourth-order valence-corrected chi connectivity index (χ4v) is 2.65. The van der Waals surface area contributed by atoms with Crippen molar-refractivity contribution in [3.8, 4) is 0 Å². The molecular weight excluding hydrogens is 280 g/mol. The summed E-state index contributed by atoms with van der Waals surface area (Å²) in [4.78, 5) is 22.7. The molecule has 0 aromatic heterocycles. The van der Waals surface area contributed by atoms with Crippen LogP contribution in [0.15, 0.2) is 30.3 Å². The van der Waals surface area contributed by atoms with E-state index in [1.54, 1.807) is 0 Å². The average Bonchev–Trinajstić information content (AvgIpc) is 2.38. The van der Waals surface area contributed by atoms with Crippen molar-refractivity contribution in [2.75, 3.05) is 6.54 Å². The Kier molecular flexibility index (Phi) is 4.64. The van der Waals surface area contributed by atoms with Gasteiger partial charge in [-0.05, 0) is 5.56 Å². The summed E-state index contributed by atoms with van der Waals surface area (Å²) in [5.41, 5.74) is 0.868. The van der Waals surface area contributed by atoms with Gasteiger partial charge in [-0.3, -0.25) is 9.59 Å². The van der Waals surface area contributed by atoms with E-state index >= 15 is 0 Å². The van der Waals surface area contributed by atoms with E-state index in [4.69, 9.17) is 5.11 Å². The Balaban J connectivity index is 1.90. The number of hydrogen-bond acceptors (Lipinski definition) is 4. The molecule has 1 heterocycles. The number of carbonyl (C=O) groups is 2. The Bertz CT molecular complexity index is 496. The molecule has 0 aliphatic carbocycles. The van der Waals surface area contributed by atoms with Gasteiger partial charge in [0.2, 0.25) is 5.91 Å². The maximum atomic E-state index is 11.9. The van der Waals surface area contributed by atoms with E-state index < -0.39 is 23.3 Å². The largest absolute Gasteiger partial charge is 0.634 e. The number of amides is 1. The zero-order valence-electron chi connectivity index (χ0n) is 10.7. The van der Waals surface area contributed by atoms with Gasteiger partial charge >= 0.3 is 5.97 Å². The van der Waals surface area contributed by atoms with Crippen LogP contribution in [0, 0.1) is 5.21 Å². The smallest absolute Gasteiger partial charge is 0.322 e. The van der Waals surface area contributed by atoms with Crippen molar-refractivity contribution < 1.29 is 19.8 Å². The van der Waals surface area contributed by atoms with Crippen molar-refractivity contribution in [1.29, 1.82) is 0 Å². The van der Waals surface area contributed by atoms with Gasteiger partial charge in [0.15, 0.2) is 5.25 Å². The Morgan fingerprint density at radius 3 is 2.65 bits per heavy atom. The molecule has 0 bridgehead atoms. The zero-order chi connectivity index (χ0) is 14.7. The van der Waals surface area contributed by atoms with Crippen LogP contribution < -0.4 is 10.4 Å². The lowest BCUT2D eigenvalue weighted by Gasteiger charge is -2.48. The molecule has 1 amide bonds. The number of carboxylic acid groups (broad SMARTS) is 1. The standard InChI is InChI=1S/C13H16N2O4S/c16-10(6-8-4-2-1-3-5-8)14-9-7-15(19)11(9)12(20)13(17)18/h1-5,9,11-12,15,20H,6-7H2,(H,14,16)(H,17,18)/t9-,11-,12?/m1/s1. The maximum Gasteiger partial charge on any atom is 0.322 e. The summed E-state index contributed by atoms with van der Waals surface area (Å²) >= 11 is 3.92. The number of carbonyl (C=O) groups excluding carboxylic acids is 1. The first-order chi connectivity index (χ1) is 9.49. The monoisotopic (exact) mass is 296 g/mol. The van der Waals surface area contributed by atoms with Crippen molar-refractivity contribution >= 4 is 24.5 Å². The van der Waals surface area contributed by atoms with E-state index in [2.05, 4.69) is 17.9 Å². The summed E-state index contributed by atoms with van der Waals surface area (Å²) in [5.74, 6) is -1.36. The van der Waals surface area contributed by atoms with E-state index in [0.717, 1.165) is 5.56 Å². The summed E-state index contributed by atoms with van der Waals surface area (Å²) in [6.07, 6.45) is 0.211. The van der Waals surface area contributed by atoms with Crippen LogP contribution >= 0.6 is 12.6 Å². The van der Waals surface area contributed by atoms with Crippen molar-refractivity contribution in [3.05, 3.63) is 41.1 Å². The maximum absolute atomic E-state index is 11.9. The predicted molar refractivity (Wildman–Crippen MR) is 75.5 cm³/mol. The highest BCUT2D eigenvalue weighted by Crippen LogP contribution is 2.10. The average molecular weight is 296 g/mol. The highest BCUT2D eigenvalue weighted by atomic mass is 32.1. The van der Waals surface area contributed by atoms with E-state index in [-0.39, 0.29) is 23.9 Å². The van der Waals surface area contributed by atoms with Crippen LogP contribution in [0.25, 0.3) is 0 Å². The topological polar surface area (TPSA) is 93.9 Å². The number of hydrogen-bond donors (Lipinski definition) is 4. The molecule has 1 aliphatic heterocycles. The molecule has 1 saturated heterocycles. The molecule has 1 fully saturated rings. The Labute approximate surface area is 121 Å². The van der Waals surface area contributed by atoms with E-state index in [0.29, 0.717) is 0 Å². The van der Waals surface area contributed by atoms with Crippen LogP contribution in [0.5, 0.6) is 0 Å². The van der Waals surface area contributed by atoms with Gasteiger partial charge < -0.3 is 20.7 Å². The minimum atomic E-state index is -1.14. The molecule has 108 valence electrons. The minimum Gasteiger partial charge on any atom is -0.634 e. The van der Waals surface area contributed by atoms with Gasteiger partial charge in [0.05, 0.1) is 6.42 Å². The van der Waals surface area contributed by atoms with Gasteiger partial charge in [0, 0.05) is 0 Å². The molecule has 2 rings (SSSR count). The molecule has 0 spiro atoms. The first-order valence-corrected chi connectivity index (χ1v) is 6.77. The predicted octanol–water partition coefficient (Wildman–Crippen LogP) is -1.14. The molecule has 4 atom stereocenters. The van der Waals surface area contributed by atoms with Crippen LogP contribution in [-0.4, -0.2) is 40.9 Å². The second kappa shape index (κ2) is 6.25. The zero-order valence-corrected chi connectivity index (χ0v) is 11.5. The van der Waals surface area contributed by atoms with Crippen LogP contribution in [-0.2, 0) is 16.0 Å². The Hall–Kier alpha value is -1.57. The van der Waals surface area contributed by atoms with Gasteiger partial charge in [-0.1, -0.05) is 30.3 Å².